The summed E-state index contributed by atoms with van der Waals surface area (Å²) in [6, 6.07) is 5.82. The number of benzene rings is 1. The lowest BCUT2D eigenvalue weighted by atomic mass is 10.2. The average Bonchev–Trinajstić information content (AvgIpc) is 3.25. The number of aryl methyl sites for hydroxylation is 1. The Kier molecular flexibility index (Phi) is 5.03. The van der Waals surface area contributed by atoms with Crippen molar-refractivity contribution in [3.05, 3.63) is 23.8 Å². The van der Waals surface area contributed by atoms with Crippen LogP contribution in [0.2, 0.25) is 0 Å². The number of ether oxygens (including phenoxy) is 1. The predicted octanol–water partition coefficient (Wildman–Crippen LogP) is 2.08. The summed E-state index contributed by atoms with van der Waals surface area (Å²) in [5.41, 5.74) is 1.85. The Morgan fingerprint density at radius 1 is 1.33 bits per heavy atom. The van der Waals surface area contributed by atoms with Crippen molar-refractivity contribution in [2.45, 2.75) is 37.1 Å². The third kappa shape index (κ3) is 3.38. The number of carbonyl (C=O) groups excluding carboxylic acids is 1. The second kappa shape index (κ2) is 7.21. The summed E-state index contributed by atoms with van der Waals surface area (Å²) >= 11 is 1.37. The first kappa shape index (κ1) is 16.8. The summed E-state index contributed by atoms with van der Waals surface area (Å²) in [4.78, 5) is 14.4. The highest BCUT2D eigenvalue weighted by Crippen LogP contribution is 2.29. The Hall–Kier alpha value is -2.09. The number of aromatic nitrogens is 4. The molecule has 1 aliphatic rings. The molecule has 7 nitrogen and oxygen atoms in total. The minimum Gasteiger partial charge on any atom is -0.494 e. The van der Waals surface area contributed by atoms with Crippen LogP contribution < -0.4 is 4.74 Å². The van der Waals surface area contributed by atoms with Gasteiger partial charge in [0.05, 0.1) is 12.4 Å². The van der Waals surface area contributed by atoms with Gasteiger partial charge in [0.25, 0.3) is 0 Å². The van der Waals surface area contributed by atoms with Crippen LogP contribution >= 0.6 is 11.8 Å². The van der Waals surface area contributed by atoms with E-state index < -0.39 is 0 Å². The summed E-state index contributed by atoms with van der Waals surface area (Å²) in [5.74, 6) is 0.830. The van der Waals surface area contributed by atoms with Gasteiger partial charge in [-0.3, -0.25) is 4.79 Å². The molecule has 1 aromatic carbocycles. The van der Waals surface area contributed by atoms with Crippen LogP contribution in [0.1, 0.15) is 25.3 Å². The molecule has 128 valence electrons. The zero-order valence-corrected chi connectivity index (χ0v) is 14.9. The number of tetrazole rings is 1. The van der Waals surface area contributed by atoms with E-state index in [1.165, 1.54) is 11.8 Å². The van der Waals surface area contributed by atoms with Crippen LogP contribution in [0, 0.1) is 6.92 Å². The van der Waals surface area contributed by atoms with Gasteiger partial charge in [-0.25, -0.2) is 0 Å². The van der Waals surface area contributed by atoms with E-state index in [4.69, 9.17) is 4.74 Å². The monoisotopic (exact) mass is 347 g/mol. The zero-order chi connectivity index (χ0) is 17.1. The molecule has 0 bridgehead atoms. The van der Waals surface area contributed by atoms with Crippen molar-refractivity contribution >= 4 is 17.7 Å². The molecule has 0 saturated carbocycles. The van der Waals surface area contributed by atoms with Gasteiger partial charge in [0.15, 0.2) is 0 Å². The van der Waals surface area contributed by atoms with Crippen LogP contribution in [-0.2, 0) is 4.79 Å². The molecule has 3 rings (SSSR count). The van der Waals surface area contributed by atoms with Crippen molar-refractivity contribution in [2.24, 2.45) is 0 Å². The van der Waals surface area contributed by atoms with Gasteiger partial charge in [-0.15, -0.1) is 5.10 Å². The Morgan fingerprint density at radius 2 is 2.08 bits per heavy atom. The van der Waals surface area contributed by atoms with E-state index in [1.807, 2.05) is 36.9 Å². The van der Waals surface area contributed by atoms with E-state index in [9.17, 15) is 4.79 Å². The number of thioether (sulfide) groups is 1. The summed E-state index contributed by atoms with van der Waals surface area (Å²) in [6.45, 7) is 5.60. The van der Waals surface area contributed by atoms with E-state index >= 15 is 0 Å². The minimum absolute atomic E-state index is 0.142. The lowest BCUT2D eigenvalue weighted by molar-refractivity contribution is -0.129. The zero-order valence-electron chi connectivity index (χ0n) is 14.1. The van der Waals surface area contributed by atoms with Gasteiger partial charge in [-0.2, -0.15) is 4.68 Å². The number of likely N-dealkylation sites (tertiary alicyclic amines) is 1. The van der Waals surface area contributed by atoms with Gasteiger partial charge in [0, 0.05) is 13.1 Å². The number of methoxy groups -OCH3 is 1. The Labute approximate surface area is 145 Å². The summed E-state index contributed by atoms with van der Waals surface area (Å²) in [7, 11) is 1.62. The Bertz CT molecular complexity index is 727. The van der Waals surface area contributed by atoms with Crippen LogP contribution in [-0.4, -0.2) is 56.5 Å². The SMILES string of the molecule is COc1ccc(C)cc1-n1nnnc1S[C@@H](C)C(=O)N1CCCC1. The number of hydrogen-bond donors (Lipinski definition) is 0. The van der Waals surface area contributed by atoms with Gasteiger partial charge in [-0.1, -0.05) is 17.8 Å². The quantitative estimate of drug-likeness (QED) is 0.771. The molecule has 0 N–H and O–H groups in total. The highest BCUT2D eigenvalue weighted by molar-refractivity contribution is 8.00. The second-order valence-electron chi connectivity index (χ2n) is 5.84. The van der Waals surface area contributed by atoms with Crippen molar-refractivity contribution in [2.75, 3.05) is 20.2 Å². The first-order valence-electron chi connectivity index (χ1n) is 7.99. The van der Waals surface area contributed by atoms with Gasteiger partial charge >= 0.3 is 0 Å². The molecule has 1 saturated heterocycles. The van der Waals surface area contributed by atoms with Crippen molar-refractivity contribution in [3.8, 4) is 11.4 Å². The van der Waals surface area contributed by atoms with Crippen LogP contribution in [0.15, 0.2) is 23.4 Å². The first-order valence-corrected chi connectivity index (χ1v) is 8.87. The topological polar surface area (TPSA) is 73.1 Å². The second-order valence-corrected chi connectivity index (χ2v) is 7.15. The molecule has 2 heterocycles. The van der Waals surface area contributed by atoms with Crippen molar-refractivity contribution in [1.29, 1.82) is 0 Å². The maximum absolute atomic E-state index is 12.5. The van der Waals surface area contributed by atoms with E-state index in [2.05, 4.69) is 15.5 Å². The van der Waals surface area contributed by atoms with Gasteiger partial charge in [0.2, 0.25) is 11.1 Å². The molecular weight excluding hydrogens is 326 g/mol. The number of rotatable bonds is 5. The fraction of sp³-hybridized carbons (Fsp3) is 0.500. The normalized spacial score (nSPS) is 15.5. The number of nitrogens with zero attached hydrogens (tertiary/aromatic N) is 5. The van der Waals surface area contributed by atoms with Crippen LogP contribution in [0.5, 0.6) is 5.75 Å². The number of hydrogen-bond acceptors (Lipinski definition) is 6. The largest absolute Gasteiger partial charge is 0.494 e. The van der Waals surface area contributed by atoms with E-state index in [1.54, 1.807) is 11.8 Å². The maximum Gasteiger partial charge on any atom is 0.235 e. The van der Waals surface area contributed by atoms with Crippen LogP contribution in [0.3, 0.4) is 0 Å². The molecular formula is C16H21N5O2S. The molecule has 0 aliphatic carbocycles. The molecule has 2 aromatic rings. The third-order valence-corrected chi connectivity index (χ3v) is 5.07. The lowest BCUT2D eigenvalue weighted by Crippen LogP contribution is -2.34. The molecule has 0 spiro atoms. The fourth-order valence-electron chi connectivity index (χ4n) is 2.77. The molecule has 24 heavy (non-hydrogen) atoms. The standard InChI is InChI=1S/C16H21N5O2S/c1-11-6-7-14(23-3)13(10-11)21-16(17-18-19-21)24-12(2)15(22)20-8-4-5-9-20/h6-7,10,12H,4-5,8-9H2,1-3H3/t12-/m0/s1. The molecule has 1 atom stereocenters. The van der Waals surface area contributed by atoms with E-state index in [0.717, 1.165) is 37.2 Å². The maximum atomic E-state index is 12.5. The molecule has 8 heteroatoms. The number of carbonyl (C=O) groups is 1. The molecule has 1 aliphatic heterocycles. The fourth-order valence-corrected chi connectivity index (χ4v) is 3.66. The van der Waals surface area contributed by atoms with Gasteiger partial charge in [0.1, 0.15) is 11.4 Å². The summed E-state index contributed by atoms with van der Waals surface area (Å²) < 4.78 is 7.04. The molecule has 1 fully saturated rings. The van der Waals surface area contributed by atoms with E-state index in [-0.39, 0.29) is 11.2 Å². The van der Waals surface area contributed by atoms with Gasteiger partial charge < -0.3 is 9.64 Å². The Balaban J connectivity index is 1.83. The Morgan fingerprint density at radius 3 is 2.79 bits per heavy atom. The minimum atomic E-state index is -0.233. The van der Waals surface area contributed by atoms with Crippen molar-refractivity contribution in [3.63, 3.8) is 0 Å². The number of amides is 1. The van der Waals surface area contributed by atoms with E-state index in [0.29, 0.717) is 10.9 Å². The summed E-state index contributed by atoms with van der Waals surface area (Å²) in [6.07, 6.45) is 2.17. The molecule has 0 radical (unpaired) electrons. The highest BCUT2D eigenvalue weighted by Gasteiger charge is 2.26. The predicted molar refractivity (Wildman–Crippen MR) is 91.6 cm³/mol. The van der Waals surface area contributed by atoms with Crippen molar-refractivity contribution < 1.29 is 9.53 Å². The third-order valence-electron chi connectivity index (χ3n) is 4.05. The lowest BCUT2D eigenvalue weighted by Gasteiger charge is -2.19. The summed E-state index contributed by atoms with van der Waals surface area (Å²) in [5, 5.41) is 12.3. The van der Waals surface area contributed by atoms with Crippen LogP contribution in [0.25, 0.3) is 5.69 Å². The molecule has 1 amide bonds. The smallest absolute Gasteiger partial charge is 0.235 e. The molecule has 1 aromatic heterocycles. The van der Waals surface area contributed by atoms with Gasteiger partial charge in [-0.05, 0) is 54.8 Å². The average molecular weight is 347 g/mol. The van der Waals surface area contributed by atoms with Crippen molar-refractivity contribution in [1.82, 2.24) is 25.1 Å². The molecule has 0 unspecified atom stereocenters. The van der Waals surface area contributed by atoms with Crippen LogP contribution in [0.4, 0.5) is 0 Å². The first-order chi connectivity index (χ1) is 11.6. The highest BCUT2D eigenvalue weighted by atomic mass is 32.2.